The normalized spacial score (nSPS) is 22.4. The van der Waals surface area contributed by atoms with E-state index in [4.69, 9.17) is 0 Å². The lowest BCUT2D eigenvalue weighted by molar-refractivity contribution is 0.0939. The number of anilines is 1. The first kappa shape index (κ1) is 15.6. The van der Waals surface area contributed by atoms with Crippen molar-refractivity contribution in [3.63, 3.8) is 0 Å². The molecule has 0 unspecified atom stereocenters. The molecule has 23 heavy (non-hydrogen) atoms. The Morgan fingerprint density at radius 2 is 1.43 bits per heavy atom. The lowest BCUT2D eigenvalue weighted by Gasteiger charge is -2.21. The summed E-state index contributed by atoms with van der Waals surface area (Å²) < 4.78 is 23.9. The van der Waals surface area contributed by atoms with Gasteiger partial charge < -0.3 is 10.6 Å². The van der Waals surface area contributed by atoms with Gasteiger partial charge in [-0.1, -0.05) is 36.4 Å². The second-order valence-electron chi connectivity index (χ2n) is 5.64. The molecule has 0 saturated carbocycles. The third-order valence-corrected chi connectivity index (χ3v) is 5.56. The molecule has 1 aliphatic heterocycles. The number of para-hydroxylation sites is 1. The zero-order valence-electron chi connectivity index (χ0n) is 12.5. The molecule has 0 aromatic heterocycles. The van der Waals surface area contributed by atoms with E-state index in [1.165, 1.54) is 0 Å². The highest BCUT2D eigenvalue weighted by atomic mass is 32.2. The Kier molecular flexibility index (Phi) is 4.34. The maximum atomic E-state index is 12.3. The summed E-state index contributed by atoms with van der Waals surface area (Å²) >= 11 is 0. The lowest BCUT2D eigenvalue weighted by Crippen LogP contribution is -2.46. The highest BCUT2D eigenvalue weighted by molar-refractivity contribution is 7.91. The van der Waals surface area contributed by atoms with E-state index in [2.05, 4.69) is 10.6 Å². The van der Waals surface area contributed by atoms with Crippen molar-refractivity contribution in [2.75, 3.05) is 16.8 Å². The highest BCUT2D eigenvalue weighted by Crippen LogP contribution is 2.18. The lowest BCUT2D eigenvalue weighted by atomic mass is 10.1. The first-order valence-corrected chi connectivity index (χ1v) is 9.23. The number of amides is 1. The van der Waals surface area contributed by atoms with Crippen LogP contribution in [0.1, 0.15) is 10.4 Å². The Balaban J connectivity index is 1.74. The van der Waals surface area contributed by atoms with E-state index in [9.17, 15) is 13.2 Å². The van der Waals surface area contributed by atoms with Crippen LogP contribution in [0.25, 0.3) is 0 Å². The van der Waals surface area contributed by atoms with Gasteiger partial charge in [-0.05, 0) is 24.3 Å². The number of carbonyl (C=O) groups excluding carboxylic acids is 1. The first-order chi connectivity index (χ1) is 11.0. The molecule has 2 N–H and O–H groups in total. The Hall–Kier alpha value is -2.34. The molecule has 2 atom stereocenters. The van der Waals surface area contributed by atoms with Crippen molar-refractivity contribution in [2.45, 2.75) is 12.1 Å². The fraction of sp³-hybridized carbons (Fsp3) is 0.235. The van der Waals surface area contributed by atoms with Crippen molar-refractivity contribution in [2.24, 2.45) is 0 Å². The smallest absolute Gasteiger partial charge is 0.251 e. The van der Waals surface area contributed by atoms with E-state index in [0.717, 1.165) is 5.69 Å². The second kappa shape index (κ2) is 6.42. The number of benzene rings is 2. The van der Waals surface area contributed by atoms with Gasteiger partial charge in [-0.15, -0.1) is 0 Å². The van der Waals surface area contributed by atoms with E-state index in [-0.39, 0.29) is 23.5 Å². The van der Waals surface area contributed by atoms with Gasteiger partial charge in [-0.25, -0.2) is 8.42 Å². The Bertz CT molecular complexity index is 776. The van der Waals surface area contributed by atoms with Gasteiger partial charge in [-0.2, -0.15) is 0 Å². The van der Waals surface area contributed by atoms with Crippen LogP contribution in [0.5, 0.6) is 0 Å². The number of hydrogen-bond donors (Lipinski definition) is 2. The van der Waals surface area contributed by atoms with Gasteiger partial charge in [0.2, 0.25) is 0 Å². The molecular formula is C17H18N2O3S. The number of nitrogens with one attached hydrogen (secondary N) is 2. The fourth-order valence-electron chi connectivity index (χ4n) is 2.72. The van der Waals surface area contributed by atoms with Gasteiger partial charge in [0.25, 0.3) is 5.91 Å². The van der Waals surface area contributed by atoms with Gasteiger partial charge in [-0.3, -0.25) is 4.79 Å². The van der Waals surface area contributed by atoms with Crippen molar-refractivity contribution >= 4 is 21.4 Å². The molecule has 6 heteroatoms. The summed E-state index contributed by atoms with van der Waals surface area (Å²) in [5.41, 5.74) is 1.36. The summed E-state index contributed by atoms with van der Waals surface area (Å²) in [5, 5.41) is 6.05. The fourth-order valence-corrected chi connectivity index (χ4v) is 4.58. The van der Waals surface area contributed by atoms with Crippen LogP contribution in [0.3, 0.4) is 0 Å². The molecule has 2 aromatic carbocycles. The summed E-state index contributed by atoms with van der Waals surface area (Å²) in [4.78, 5) is 12.3. The van der Waals surface area contributed by atoms with E-state index >= 15 is 0 Å². The van der Waals surface area contributed by atoms with Crippen molar-refractivity contribution in [1.82, 2.24) is 5.32 Å². The molecule has 1 saturated heterocycles. The van der Waals surface area contributed by atoms with Crippen molar-refractivity contribution in [3.8, 4) is 0 Å². The average Bonchev–Trinajstić information content (AvgIpc) is 2.82. The van der Waals surface area contributed by atoms with Gasteiger partial charge >= 0.3 is 0 Å². The molecule has 0 aliphatic carbocycles. The molecule has 1 aliphatic rings. The van der Waals surface area contributed by atoms with Crippen molar-refractivity contribution in [1.29, 1.82) is 0 Å². The number of hydrogen-bond acceptors (Lipinski definition) is 4. The van der Waals surface area contributed by atoms with Crippen molar-refractivity contribution < 1.29 is 13.2 Å². The molecule has 2 aromatic rings. The van der Waals surface area contributed by atoms with Crippen LogP contribution < -0.4 is 10.6 Å². The minimum atomic E-state index is -3.17. The maximum absolute atomic E-state index is 12.3. The minimum absolute atomic E-state index is 0.0155. The molecule has 5 nitrogen and oxygen atoms in total. The molecule has 0 spiro atoms. The van der Waals surface area contributed by atoms with Gasteiger partial charge in [0.05, 0.1) is 23.6 Å². The van der Waals surface area contributed by atoms with Gasteiger partial charge in [0, 0.05) is 11.3 Å². The number of carbonyl (C=O) groups is 1. The predicted octanol–water partition coefficient (Wildman–Crippen LogP) is 1.69. The second-order valence-corrected chi connectivity index (χ2v) is 7.79. The van der Waals surface area contributed by atoms with Crippen molar-refractivity contribution in [3.05, 3.63) is 66.2 Å². The van der Waals surface area contributed by atoms with Gasteiger partial charge in [0.1, 0.15) is 0 Å². The summed E-state index contributed by atoms with van der Waals surface area (Å²) in [5.74, 6) is -0.287. The summed E-state index contributed by atoms with van der Waals surface area (Å²) in [6.07, 6.45) is 0. The zero-order chi connectivity index (χ0) is 16.3. The Morgan fingerprint density at radius 1 is 0.870 bits per heavy atom. The number of sulfone groups is 1. The van der Waals surface area contributed by atoms with Crippen LogP contribution in [-0.2, 0) is 9.84 Å². The minimum Gasteiger partial charge on any atom is -0.379 e. The molecule has 1 amide bonds. The van der Waals surface area contributed by atoms with Crippen LogP contribution >= 0.6 is 0 Å². The largest absolute Gasteiger partial charge is 0.379 e. The monoisotopic (exact) mass is 330 g/mol. The van der Waals surface area contributed by atoms with Crippen LogP contribution in [0, 0.1) is 0 Å². The average molecular weight is 330 g/mol. The molecule has 3 rings (SSSR count). The molecule has 1 fully saturated rings. The topological polar surface area (TPSA) is 75.3 Å². The van der Waals surface area contributed by atoms with E-state index < -0.39 is 15.9 Å². The van der Waals surface area contributed by atoms with E-state index in [1.54, 1.807) is 24.3 Å². The zero-order valence-corrected chi connectivity index (χ0v) is 13.3. The Morgan fingerprint density at radius 3 is 2.09 bits per heavy atom. The van der Waals surface area contributed by atoms with Crippen LogP contribution in [0.15, 0.2) is 60.7 Å². The standard InChI is InChI=1S/C17H18N2O3S/c20-17(13-7-3-1-4-8-13)19-16-12-23(21,22)11-15(16)18-14-9-5-2-6-10-14/h1-10,15-16,18H,11-12H2,(H,19,20)/t15-,16-/m0/s1. The summed E-state index contributed by atoms with van der Waals surface area (Å²) in [6, 6.07) is 17.4. The summed E-state index contributed by atoms with van der Waals surface area (Å²) in [7, 11) is -3.17. The van der Waals surface area contributed by atoms with Crippen LogP contribution in [0.4, 0.5) is 5.69 Å². The molecule has 0 radical (unpaired) electrons. The van der Waals surface area contributed by atoms with Crippen LogP contribution in [-0.4, -0.2) is 37.9 Å². The van der Waals surface area contributed by atoms with E-state index in [1.807, 2.05) is 36.4 Å². The highest BCUT2D eigenvalue weighted by Gasteiger charge is 2.38. The SMILES string of the molecule is O=C(N[C@H]1CS(=O)(=O)C[C@@H]1Nc1ccccc1)c1ccccc1. The van der Waals surface area contributed by atoms with Crippen LogP contribution in [0.2, 0.25) is 0 Å². The molecule has 120 valence electrons. The summed E-state index contributed by atoms with van der Waals surface area (Å²) in [6.45, 7) is 0. The molecule has 0 bridgehead atoms. The Labute approximate surface area is 135 Å². The third-order valence-electron chi connectivity index (χ3n) is 3.83. The van der Waals surface area contributed by atoms with Gasteiger partial charge in [0.15, 0.2) is 9.84 Å². The predicted molar refractivity (Wildman–Crippen MR) is 90.2 cm³/mol. The maximum Gasteiger partial charge on any atom is 0.251 e. The number of rotatable bonds is 4. The first-order valence-electron chi connectivity index (χ1n) is 7.41. The third kappa shape index (κ3) is 3.90. The molecule has 1 heterocycles. The van der Waals surface area contributed by atoms with E-state index in [0.29, 0.717) is 5.56 Å². The molecular weight excluding hydrogens is 312 g/mol. The quantitative estimate of drug-likeness (QED) is 0.895.